The second kappa shape index (κ2) is 8.55. The van der Waals surface area contributed by atoms with Crippen molar-refractivity contribution >= 4 is 5.91 Å². The van der Waals surface area contributed by atoms with E-state index in [-0.39, 0.29) is 5.91 Å². The van der Waals surface area contributed by atoms with E-state index in [0.717, 1.165) is 24.3 Å². The Bertz CT molecular complexity index is 672. The zero-order valence-corrected chi connectivity index (χ0v) is 14.5. The van der Waals surface area contributed by atoms with Gasteiger partial charge in [0.05, 0.1) is 25.5 Å². The van der Waals surface area contributed by atoms with E-state index in [1.807, 2.05) is 24.3 Å². The van der Waals surface area contributed by atoms with E-state index < -0.39 is 0 Å². The third-order valence-corrected chi connectivity index (χ3v) is 4.86. The van der Waals surface area contributed by atoms with Gasteiger partial charge in [-0.05, 0) is 36.8 Å². The number of H-pyrrole nitrogens is 1. The van der Waals surface area contributed by atoms with Crippen LogP contribution in [-0.4, -0.2) is 36.4 Å². The van der Waals surface area contributed by atoms with Gasteiger partial charge in [0, 0.05) is 18.8 Å². The first-order valence-corrected chi connectivity index (χ1v) is 8.80. The molecule has 3 rings (SSSR count). The van der Waals surface area contributed by atoms with Crippen molar-refractivity contribution in [1.82, 2.24) is 15.5 Å². The lowest BCUT2D eigenvalue weighted by atomic mass is 9.79. The van der Waals surface area contributed by atoms with Gasteiger partial charge < -0.3 is 14.8 Å². The summed E-state index contributed by atoms with van der Waals surface area (Å²) in [5.74, 6) is 2.43. The smallest absolute Gasteiger partial charge is 0.254 e. The number of nitrogens with one attached hydrogen (secondary N) is 2. The Balaban J connectivity index is 1.52. The van der Waals surface area contributed by atoms with Crippen molar-refractivity contribution in [3.8, 4) is 11.5 Å². The van der Waals surface area contributed by atoms with E-state index in [4.69, 9.17) is 9.47 Å². The molecule has 6 heteroatoms. The van der Waals surface area contributed by atoms with Gasteiger partial charge >= 0.3 is 0 Å². The standard InChI is InChI=1S/C19H25N3O3/c1-24-17-7-4-8-18(9-17)25-13-15-6-3-2-5-14(15)10-20-19(23)16-11-21-22-12-16/h4,7-9,11-12,14-15H,2-3,5-6,10,13H2,1H3,(H,20,23)(H,21,22). The fourth-order valence-electron chi connectivity index (χ4n) is 3.37. The molecule has 1 heterocycles. The molecule has 1 aromatic heterocycles. The predicted molar refractivity (Wildman–Crippen MR) is 94.9 cm³/mol. The number of carbonyl (C=O) groups is 1. The highest BCUT2D eigenvalue weighted by molar-refractivity contribution is 5.93. The lowest BCUT2D eigenvalue weighted by Crippen LogP contribution is -2.36. The van der Waals surface area contributed by atoms with Crippen LogP contribution in [0.2, 0.25) is 0 Å². The average molecular weight is 343 g/mol. The number of rotatable bonds is 7. The molecule has 6 nitrogen and oxygen atoms in total. The van der Waals surface area contributed by atoms with Crippen LogP contribution in [-0.2, 0) is 0 Å². The Hall–Kier alpha value is -2.50. The molecule has 2 atom stereocenters. The molecule has 1 aromatic carbocycles. The Morgan fingerprint density at radius 1 is 1.28 bits per heavy atom. The number of hydrogen-bond acceptors (Lipinski definition) is 4. The minimum Gasteiger partial charge on any atom is -0.497 e. The van der Waals surface area contributed by atoms with Gasteiger partial charge in [-0.25, -0.2) is 0 Å². The van der Waals surface area contributed by atoms with Crippen LogP contribution < -0.4 is 14.8 Å². The molecule has 0 radical (unpaired) electrons. The van der Waals surface area contributed by atoms with Crippen molar-refractivity contribution in [3.05, 3.63) is 42.2 Å². The number of ether oxygens (including phenoxy) is 2. The highest BCUT2D eigenvalue weighted by Crippen LogP contribution is 2.30. The summed E-state index contributed by atoms with van der Waals surface area (Å²) in [6.07, 6.45) is 7.84. The first-order valence-electron chi connectivity index (χ1n) is 8.80. The van der Waals surface area contributed by atoms with Gasteiger partial charge in [-0.15, -0.1) is 0 Å². The molecule has 134 valence electrons. The molecule has 0 aliphatic heterocycles. The van der Waals surface area contributed by atoms with Crippen LogP contribution >= 0.6 is 0 Å². The molecule has 2 unspecified atom stereocenters. The van der Waals surface area contributed by atoms with E-state index in [9.17, 15) is 4.79 Å². The van der Waals surface area contributed by atoms with Crippen LogP contribution in [0.4, 0.5) is 0 Å². The molecule has 25 heavy (non-hydrogen) atoms. The molecular formula is C19H25N3O3. The van der Waals surface area contributed by atoms with Crippen LogP contribution in [0.15, 0.2) is 36.7 Å². The van der Waals surface area contributed by atoms with Crippen LogP contribution in [0.25, 0.3) is 0 Å². The highest BCUT2D eigenvalue weighted by atomic mass is 16.5. The number of nitrogens with zero attached hydrogens (tertiary/aromatic N) is 1. The Morgan fingerprint density at radius 3 is 2.84 bits per heavy atom. The largest absolute Gasteiger partial charge is 0.497 e. The molecule has 1 aliphatic rings. The zero-order chi connectivity index (χ0) is 17.5. The predicted octanol–water partition coefficient (Wildman–Crippen LogP) is 3.03. The summed E-state index contributed by atoms with van der Waals surface area (Å²) in [6, 6.07) is 7.68. The van der Waals surface area contributed by atoms with E-state index in [2.05, 4.69) is 15.5 Å². The Kier molecular flexibility index (Phi) is 5.93. The quantitative estimate of drug-likeness (QED) is 0.810. The molecule has 1 fully saturated rings. The number of carbonyl (C=O) groups excluding carboxylic acids is 1. The van der Waals surface area contributed by atoms with Crippen molar-refractivity contribution in [3.63, 3.8) is 0 Å². The molecule has 2 aromatic rings. The maximum Gasteiger partial charge on any atom is 0.254 e. The lowest BCUT2D eigenvalue weighted by molar-refractivity contribution is 0.0918. The maximum atomic E-state index is 12.1. The number of benzene rings is 1. The van der Waals surface area contributed by atoms with Gasteiger partial charge in [0.2, 0.25) is 0 Å². The summed E-state index contributed by atoms with van der Waals surface area (Å²) in [5, 5.41) is 9.50. The van der Waals surface area contributed by atoms with Gasteiger partial charge in [0.25, 0.3) is 5.91 Å². The summed E-state index contributed by atoms with van der Waals surface area (Å²) >= 11 is 0. The molecule has 0 saturated heterocycles. The summed E-state index contributed by atoms with van der Waals surface area (Å²) in [6.45, 7) is 1.34. The zero-order valence-electron chi connectivity index (χ0n) is 14.5. The maximum absolute atomic E-state index is 12.1. The number of amides is 1. The Labute approximate surface area is 147 Å². The molecular weight excluding hydrogens is 318 g/mol. The minimum absolute atomic E-state index is 0.0770. The first-order chi connectivity index (χ1) is 12.3. The summed E-state index contributed by atoms with van der Waals surface area (Å²) in [5.41, 5.74) is 0.569. The van der Waals surface area contributed by atoms with Crippen LogP contribution in [0.5, 0.6) is 11.5 Å². The number of hydrogen-bond donors (Lipinski definition) is 2. The van der Waals surface area contributed by atoms with E-state index in [0.29, 0.717) is 30.6 Å². The van der Waals surface area contributed by atoms with Crippen LogP contribution in [0.3, 0.4) is 0 Å². The summed E-state index contributed by atoms with van der Waals surface area (Å²) in [4.78, 5) is 12.1. The first kappa shape index (κ1) is 17.3. The van der Waals surface area contributed by atoms with Gasteiger partial charge in [-0.3, -0.25) is 9.89 Å². The van der Waals surface area contributed by atoms with Crippen molar-refractivity contribution in [2.75, 3.05) is 20.3 Å². The fourth-order valence-corrected chi connectivity index (χ4v) is 3.37. The van der Waals surface area contributed by atoms with Crippen LogP contribution in [0.1, 0.15) is 36.0 Å². The van der Waals surface area contributed by atoms with Crippen molar-refractivity contribution in [2.24, 2.45) is 11.8 Å². The molecule has 1 aliphatic carbocycles. The van der Waals surface area contributed by atoms with Crippen molar-refractivity contribution in [2.45, 2.75) is 25.7 Å². The molecule has 2 N–H and O–H groups in total. The summed E-state index contributed by atoms with van der Waals surface area (Å²) in [7, 11) is 1.65. The van der Waals surface area contributed by atoms with E-state index >= 15 is 0 Å². The van der Waals surface area contributed by atoms with Crippen molar-refractivity contribution in [1.29, 1.82) is 0 Å². The second-order valence-corrected chi connectivity index (χ2v) is 6.49. The van der Waals surface area contributed by atoms with Crippen LogP contribution in [0, 0.1) is 11.8 Å². The van der Waals surface area contributed by atoms with E-state index in [1.165, 1.54) is 12.8 Å². The van der Waals surface area contributed by atoms with Gasteiger partial charge in [0.15, 0.2) is 0 Å². The normalized spacial score (nSPS) is 20.0. The molecule has 0 spiro atoms. The van der Waals surface area contributed by atoms with Gasteiger partial charge in [-0.1, -0.05) is 18.9 Å². The number of aromatic nitrogens is 2. The Morgan fingerprint density at radius 2 is 2.08 bits per heavy atom. The monoisotopic (exact) mass is 343 g/mol. The highest BCUT2D eigenvalue weighted by Gasteiger charge is 2.26. The second-order valence-electron chi connectivity index (χ2n) is 6.49. The number of methoxy groups -OCH3 is 1. The van der Waals surface area contributed by atoms with Gasteiger partial charge in [-0.2, -0.15) is 5.10 Å². The average Bonchev–Trinajstić information content (AvgIpc) is 3.20. The molecule has 0 bridgehead atoms. The van der Waals surface area contributed by atoms with Gasteiger partial charge in [0.1, 0.15) is 11.5 Å². The number of aromatic amines is 1. The van der Waals surface area contributed by atoms with E-state index in [1.54, 1.807) is 19.5 Å². The topological polar surface area (TPSA) is 76.2 Å². The third-order valence-electron chi connectivity index (χ3n) is 4.86. The lowest BCUT2D eigenvalue weighted by Gasteiger charge is -2.31. The van der Waals surface area contributed by atoms with Crippen molar-refractivity contribution < 1.29 is 14.3 Å². The molecule has 1 amide bonds. The third kappa shape index (κ3) is 4.75. The summed E-state index contributed by atoms with van der Waals surface area (Å²) < 4.78 is 11.2. The SMILES string of the molecule is COc1cccc(OCC2CCCCC2CNC(=O)c2cn[nH]c2)c1. The molecule has 1 saturated carbocycles. The minimum atomic E-state index is -0.0770. The fraction of sp³-hybridized carbons (Fsp3) is 0.474.